The van der Waals surface area contributed by atoms with Gasteiger partial charge in [-0.1, -0.05) is 55.9 Å². The minimum Gasteiger partial charge on any atom is -0.0988 e. The Morgan fingerprint density at radius 3 is 2.85 bits per heavy atom. The summed E-state index contributed by atoms with van der Waals surface area (Å²) in [6.07, 6.45) is 20.7. The molecule has 0 fully saturated rings. The summed E-state index contributed by atoms with van der Waals surface area (Å²) in [5.41, 5.74) is 3.23. The Balaban J connectivity index is 2.12. The Kier molecular flexibility index (Phi) is 5.95. The number of unbranched alkanes of at least 4 members (excludes halogenated alkanes) is 1. The van der Waals surface area contributed by atoms with Gasteiger partial charge in [-0.3, -0.25) is 0 Å². The van der Waals surface area contributed by atoms with Crippen molar-refractivity contribution in [2.75, 3.05) is 0 Å². The van der Waals surface area contributed by atoms with E-state index in [0.29, 0.717) is 11.7 Å². The van der Waals surface area contributed by atoms with Crippen LogP contribution in [0.1, 0.15) is 51.9 Å². The fraction of sp³-hybridized carbons (Fsp3) is 0.579. The fourth-order valence-corrected chi connectivity index (χ4v) is 3.88. The quantitative estimate of drug-likeness (QED) is 0.373. The summed E-state index contributed by atoms with van der Waals surface area (Å²) in [5, 5.41) is 0. The second kappa shape index (κ2) is 7.71. The molecule has 3 atom stereocenters. The molecule has 0 saturated carbocycles. The van der Waals surface area contributed by atoms with Gasteiger partial charge >= 0.3 is 0 Å². The molecular formula is C19H29B. The van der Waals surface area contributed by atoms with Crippen LogP contribution in [0, 0.1) is 11.8 Å². The molecule has 0 saturated heterocycles. The van der Waals surface area contributed by atoms with Crippen LogP contribution in [0.15, 0.2) is 48.1 Å². The molecule has 3 unspecified atom stereocenters. The first-order chi connectivity index (χ1) is 9.77. The van der Waals surface area contributed by atoms with E-state index in [4.69, 9.17) is 0 Å². The normalized spacial score (nSPS) is 30.9. The Morgan fingerprint density at radius 2 is 2.20 bits per heavy atom. The lowest BCUT2D eigenvalue weighted by Crippen LogP contribution is -2.22. The molecule has 2 aliphatic carbocycles. The van der Waals surface area contributed by atoms with Crippen LogP contribution in [0.2, 0.25) is 5.82 Å². The van der Waals surface area contributed by atoms with Crippen molar-refractivity contribution in [3.8, 4) is 0 Å². The van der Waals surface area contributed by atoms with Gasteiger partial charge in [-0.2, -0.15) is 0 Å². The van der Waals surface area contributed by atoms with Crippen molar-refractivity contribution >= 4 is 7.85 Å². The maximum Gasteiger partial charge on any atom is 0.111 e. The van der Waals surface area contributed by atoms with Gasteiger partial charge in [0.05, 0.1) is 0 Å². The summed E-state index contributed by atoms with van der Waals surface area (Å²) in [4.78, 5) is 0. The first-order valence-electron chi connectivity index (χ1n) is 8.45. The molecule has 0 bridgehead atoms. The summed E-state index contributed by atoms with van der Waals surface area (Å²) >= 11 is 0. The molecule has 0 heterocycles. The second-order valence-corrected chi connectivity index (χ2v) is 6.35. The Morgan fingerprint density at radius 1 is 1.35 bits per heavy atom. The van der Waals surface area contributed by atoms with E-state index >= 15 is 0 Å². The Hall–Kier alpha value is -0.975. The molecule has 20 heavy (non-hydrogen) atoms. The highest BCUT2D eigenvalue weighted by atomic mass is 14.3. The third kappa shape index (κ3) is 3.56. The first-order valence-corrected chi connectivity index (χ1v) is 8.45. The zero-order valence-corrected chi connectivity index (χ0v) is 13.3. The van der Waals surface area contributed by atoms with Gasteiger partial charge in [0.1, 0.15) is 7.85 Å². The molecular weight excluding hydrogens is 239 g/mol. The zero-order chi connectivity index (χ0) is 14.4. The van der Waals surface area contributed by atoms with Gasteiger partial charge in [0.15, 0.2) is 0 Å². The molecule has 0 nitrogen and oxygen atoms in total. The predicted molar refractivity (Wildman–Crippen MR) is 92.8 cm³/mol. The molecule has 1 heteroatoms. The van der Waals surface area contributed by atoms with Crippen LogP contribution in [0.3, 0.4) is 0 Å². The zero-order valence-electron chi connectivity index (χ0n) is 13.3. The summed E-state index contributed by atoms with van der Waals surface area (Å²) in [6.45, 7) is 6.31. The maximum atomic E-state index is 4.06. The largest absolute Gasteiger partial charge is 0.111 e. The van der Waals surface area contributed by atoms with Crippen molar-refractivity contribution in [1.82, 2.24) is 0 Å². The van der Waals surface area contributed by atoms with Gasteiger partial charge in [0.2, 0.25) is 0 Å². The number of hydrogen-bond donors (Lipinski definition) is 0. The van der Waals surface area contributed by atoms with E-state index in [-0.39, 0.29) is 0 Å². The van der Waals surface area contributed by atoms with E-state index in [1.807, 2.05) is 0 Å². The lowest BCUT2D eigenvalue weighted by molar-refractivity contribution is 0.459. The topological polar surface area (TPSA) is 0 Å². The van der Waals surface area contributed by atoms with Crippen LogP contribution in [-0.4, -0.2) is 7.85 Å². The van der Waals surface area contributed by atoms with Crippen molar-refractivity contribution < 1.29 is 0 Å². The van der Waals surface area contributed by atoms with E-state index < -0.39 is 0 Å². The van der Waals surface area contributed by atoms with Crippen molar-refractivity contribution in [1.29, 1.82) is 0 Å². The average molecular weight is 268 g/mol. The van der Waals surface area contributed by atoms with Crippen LogP contribution in [0.25, 0.3) is 0 Å². The monoisotopic (exact) mass is 268 g/mol. The number of rotatable bonds is 5. The van der Waals surface area contributed by atoms with Gasteiger partial charge in [0.25, 0.3) is 0 Å². The van der Waals surface area contributed by atoms with Crippen LogP contribution in [-0.2, 0) is 0 Å². The lowest BCUT2D eigenvalue weighted by Gasteiger charge is -2.36. The maximum absolute atomic E-state index is 4.06. The summed E-state index contributed by atoms with van der Waals surface area (Å²) in [6, 6.07) is 0. The highest BCUT2D eigenvalue weighted by molar-refractivity contribution is 6.14. The van der Waals surface area contributed by atoms with Crippen molar-refractivity contribution in [2.24, 2.45) is 11.8 Å². The van der Waals surface area contributed by atoms with Gasteiger partial charge in [-0.05, 0) is 61.8 Å². The SMILES string of the molecule is BC1C(C2CC=CCC2)=CCCC1/C(C=C)=C/CCC. The van der Waals surface area contributed by atoms with Crippen molar-refractivity contribution in [3.05, 3.63) is 48.1 Å². The third-order valence-corrected chi connectivity index (χ3v) is 5.06. The summed E-state index contributed by atoms with van der Waals surface area (Å²) in [7, 11) is 2.44. The molecule has 0 N–H and O–H groups in total. The molecule has 0 aromatic carbocycles. The predicted octanol–water partition coefficient (Wildman–Crippen LogP) is 5.01. The average Bonchev–Trinajstić information content (AvgIpc) is 2.50. The van der Waals surface area contributed by atoms with Crippen molar-refractivity contribution in [3.63, 3.8) is 0 Å². The number of allylic oxidation sites excluding steroid dienone is 7. The van der Waals surface area contributed by atoms with Crippen molar-refractivity contribution in [2.45, 2.75) is 57.7 Å². The highest BCUT2D eigenvalue weighted by Crippen LogP contribution is 2.44. The Bertz CT molecular complexity index is 413. The second-order valence-electron chi connectivity index (χ2n) is 6.35. The van der Waals surface area contributed by atoms with E-state index in [9.17, 15) is 0 Å². The molecule has 0 aliphatic heterocycles. The molecule has 108 valence electrons. The smallest absolute Gasteiger partial charge is 0.0988 e. The van der Waals surface area contributed by atoms with Gasteiger partial charge in [-0.25, -0.2) is 0 Å². The minimum atomic E-state index is 0.696. The highest BCUT2D eigenvalue weighted by Gasteiger charge is 2.29. The standard InChI is InChI=1S/C19H29B/c1-3-5-10-15(4-2)17-13-9-14-18(19(17)20)16-11-7-6-8-12-16/h4,6-7,10,14,16-17,19H,2-3,5,8-9,11-13,20H2,1H3/b15-10+. The van der Waals surface area contributed by atoms with Crippen LogP contribution in [0.5, 0.6) is 0 Å². The van der Waals surface area contributed by atoms with E-state index in [0.717, 1.165) is 5.92 Å². The van der Waals surface area contributed by atoms with Crippen LogP contribution < -0.4 is 0 Å². The molecule has 2 aliphatic rings. The van der Waals surface area contributed by atoms with Gasteiger partial charge in [0, 0.05) is 0 Å². The third-order valence-electron chi connectivity index (χ3n) is 5.06. The molecule has 0 aromatic rings. The van der Waals surface area contributed by atoms with E-state index in [1.165, 1.54) is 50.5 Å². The van der Waals surface area contributed by atoms with Gasteiger partial charge in [-0.15, -0.1) is 0 Å². The fourth-order valence-electron chi connectivity index (χ4n) is 3.88. The lowest BCUT2D eigenvalue weighted by atomic mass is 9.60. The summed E-state index contributed by atoms with van der Waals surface area (Å²) < 4.78 is 0. The van der Waals surface area contributed by atoms with Crippen LogP contribution in [0.4, 0.5) is 0 Å². The number of hydrogen-bond acceptors (Lipinski definition) is 0. The Labute approximate surface area is 126 Å². The first kappa shape index (κ1) is 15.4. The molecule has 0 spiro atoms. The minimum absolute atomic E-state index is 0.696. The van der Waals surface area contributed by atoms with Crippen LogP contribution >= 0.6 is 0 Å². The molecule has 2 rings (SSSR count). The molecule has 0 aromatic heterocycles. The van der Waals surface area contributed by atoms with Gasteiger partial charge < -0.3 is 0 Å². The summed E-state index contributed by atoms with van der Waals surface area (Å²) in [5.74, 6) is 2.20. The van der Waals surface area contributed by atoms with E-state index in [2.05, 4.69) is 51.7 Å². The van der Waals surface area contributed by atoms with E-state index in [1.54, 1.807) is 5.57 Å². The molecule has 0 amide bonds. The molecule has 0 radical (unpaired) electrons.